The SMILES string of the molecule is Nc1cc(F)cc(C(O)C(O)CC(=O)O)c1N. The van der Waals surface area contributed by atoms with Gasteiger partial charge in [0.25, 0.3) is 0 Å². The van der Waals surface area contributed by atoms with Crippen molar-refractivity contribution in [1.82, 2.24) is 0 Å². The summed E-state index contributed by atoms with van der Waals surface area (Å²) in [4.78, 5) is 10.4. The molecule has 1 aromatic rings. The second kappa shape index (κ2) is 4.98. The van der Waals surface area contributed by atoms with E-state index >= 15 is 0 Å². The standard InChI is InChI=1S/C10H13FN2O4/c11-4-1-5(9(13)6(12)2-4)10(17)7(14)3-8(15)16/h1-2,7,10,14,17H,3,12-13H2,(H,15,16). The van der Waals surface area contributed by atoms with Crippen molar-refractivity contribution in [3.63, 3.8) is 0 Å². The fraction of sp³-hybridized carbons (Fsp3) is 0.300. The number of halogens is 1. The summed E-state index contributed by atoms with van der Waals surface area (Å²) in [6.45, 7) is 0. The summed E-state index contributed by atoms with van der Waals surface area (Å²) < 4.78 is 13.0. The van der Waals surface area contributed by atoms with Crippen LogP contribution in [0.2, 0.25) is 0 Å². The van der Waals surface area contributed by atoms with Gasteiger partial charge in [-0.1, -0.05) is 0 Å². The zero-order valence-electron chi connectivity index (χ0n) is 8.80. The molecular formula is C10H13FN2O4. The number of carboxylic acids is 1. The molecule has 0 saturated carbocycles. The van der Waals surface area contributed by atoms with Crippen molar-refractivity contribution < 1.29 is 24.5 Å². The predicted octanol–water partition coefficient (Wildman–Crippen LogP) is -0.141. The van der Waals surface area contributed by atoms with Crippen molar-refractivity contribution >= 4 is 17.3 Å². The molecule has 6 nitrogen and oxygen atoms in total. The number of anilines is 2. The molecule has 17 heavy (non-hydrogen) atoms. The smallest absolute Gasteiger partial charge is 0.306 e. The lowest BCUT2D eigenvalue weighted by molar-refractivity contribution is -0.141. The molecule has 2 atom stereocenters. The van der Waals surface area contributed by atoms with Crippen LogP contribution in [0.5, 0.6) is 0 Å². The number of aliphatic carboxylic acids is 1. The van der Waals surface area contributed by atoms with Gasteiger partial charge >= 0.3 is 5.97 Å². The molecule has 0 aromatic heterocycles. The van der Waals surface area contributed by atoms with Crippen molar-refractivity contribution in [1.29, 1.82) is 0 Å². The molecule has 0 radical (unpaired) electrons. The third-order valence-corrected chi connectivity index (χ3v) is 2.28. The number of rotatable bonds is 4. The minimum Gasteiger partial charge on any atom is -0.481 e. The van der Waals surface area contributed by atoms with Crippen LogP contribution in [0.4, 0.5) is 15.8 Å². The number of benzene rings is 1. The highest BCUT2D eigenvalue weighted by Gasteiger charge is 2.24. The Balaban J connectivity index is 3.03. The lowest BCUT2D eigenvalue weighted by Gasteiger charge is -2.19. The monoisotopic (exact) mass is 244 g/mol. The molecule has 0 amide bonds. The minimum atomic E-state index is -1.61. The van der Waals surface area contributed by atoms with Gasteiger partial charge < -0.3 is 26.8 Å². The Labute approximate surface area is 96.3 Å². The number of nitrogen functional groups attached to an aromatic ring is 2. The lowest BCUT2D eigenvalue weighted by atomic mass is 9.99. The molecule has 0 aliphatic rings. The summed E-state index contributed by atoms with van der Waals surface area (Å²) in [6.07, 6.45) is -3.88. The van der Waals surface area contributed by atoms with Crippen LogP contribution >= 0.6 is 0 Å². The maximum atomic E-state index is 13.0. The Kier molecular flexibility index (Phi) is 3.87. The highest BCUT2D eigenvalue weighted by atomic mass is 19.1. The molecule has 0 bridgehead atoms. The van der Waals surface area contributed by atoms with E-state index in [1.165, 1.54) is 0 Å². The van der Waals surface area contributed by atoms with Gasteiger partial charge in [-0.05, 0) is 12.1 Å². The zero-order valence-corrected chi connectivity index (χ0v) is 8.80. The second-order valence-corrected chi connectivity index (χ2v) is 3.61. The topological polar surface area (TPSA) is 130 Å². The first-order chi connectivity index (χ1) is 7.82. The van der Waals surface area contributed by atoms with Crippen molar-refractivity contribution in [3.8, 4) is 0 Å². The number of aliphatic hydroxyl groups is 2. The zero-order chi connectivity index (χ0) is 13.2. The molecule has 0 aliphatic carbocycles. The quantitative estimate of drug-likeness (QED) is 0.469. The summed E-state index contributed by atoms with van der Waals surface area (Å²) in [5.74, 6) is -2.02. The molecule has 1 rings (SSSR count). The van der Waals surface area contributed by atoms with E-state index in [4.69, 9.17) is 16.6 Å². The number of carbonyl (C=O) groups is 1. The van der Waals surface area contributed by atoms with E-state index in [0.717, 1.165) is 12.1 Å². The highest BCUT2D eigenvalue weighted by molar-refractivity contribution is 5.69. The number of carboxylic acid groups (broad SMARTS) is 1. The van der Waals surface area contributed by atoms with Crippen molar-refractivity contribution in [2.75, 3.05) is 11.5 Å². The summed E-state index contributed by atoms with van der Waals surface area (Å²) in [5.41, 5.74) is 10.6. The van der Waals surface area contributed by atoms with Crippen molar-refractivity contribution in [3.05, 3.63) is 23.5 Å². The fourth-order valence-corrected chi connectivity index (χ4v) is 1.40. The Morgan fingerprint density at radius 1 is 1.35 bits per heavy atom. The van der Waals surface area contributed by atoms with E-state index in [-0.39, 0.29) is 16.9 Å². The minimum absolute atomic E-state index is 0.0802. The van der Waals surface area contributed by atoms with Crippen molar-refractivity contribution in [2.24, 2.45) is 0 Å². The highest BCUT2D eigenvalue weighted by Crippen LogP contribution is 2.29. The number of nitrogens with two attached hydrogens (primary N) is 2. The average Bonchev–Trinajstić information content (AvgIpc) is 2.21. The van der Waals surface area contributed by atoms with E-state index in [9.17, 15) is 19.4 Å². The van der Waals surface area contributed by atoms with Crippen LogP contribution in [0, 0.1) is 5.82 Å². The number of hydrogen-bond donors (Lipinski definition) is 5. The molecule has 7 N–H and O–H groups in total. The van der Waals surface area contributed by atoms with Crippen LogP contribution in [-0.4, -0.2) is 27.4 Å². The van der Waals surface area contributed by atoms with E-state index in [0.29, 0.717) is 0 Å². The molecule has 1 aromatic carbocycles. The Morgan fingerprint density at radius 3 is 2.47 bits per heavy atom. The molecule has 0 spiro atoms. The Bertz CT molecular complexity index is 439. The van der Waals surface area contributed by atoms with Gasteiger partial charge in [0.05, 0.1) is 23.9 Å². The fourth-order valence-electron chi connectivity index (χ4n) is 1.40. The normalized spacial score (nSPS) is 14.3. The van der Waals surface area contributed by atoms with E-state index < -0.39 is 30.4 Å². The van der Waals surface area contributed by atoms with Crippen LogP contribution in [0.15, 0.2) is 12.1 Å². The molecule has 0 aliphatic heterocycles. The Morgan fingerprint density at radius 2 is 1.94 bits per heavy atom. The number of aliphatic hydroxyl groups excluding tert-OH is 2. The molecular weight excluding hydrogens is 231 g/mol. The van der Waals surface area contributed by atoms with Gasteiger partial charge in [-0.3, -0.25) is 4.79 Å². The maximum absolute atomic E-state index is 13.0. The summed E-state index contributed by atoms with van der Waals surface area (Å²) in [7, 11) is 0. The van der Waals surface area contributed by atoms with Gasteiger partial charge in [0.1, 0.15) is 11.9 Å². The van der Waals surface area contributed by atoms with Gasteiger partial charge in [0.15, 0.2) is 0 Å². The molecule has 0 saturated heterocycles. The van der Waals surface area contributed by atoms with Crippen LogP contribution in [0.3, 0.4) is 0 Å². The average molecular weight is 244 g/mol. The lowest BCUT2D eigenvalue weighted by Crippen LogP contribution is -2.23. The van der Waals surface area contributed by atoms with Crippen LogP contribution < -0.4 is 11.5 Å². The molecule has 94 valence electrons. The molecule has 7 heteroatoms. The first-order valence-corrected chi connectivity index (χ1v) is 4.75. The summed E-state index contributed by atoms with van der Waals surface area (Å²) in [5, 5.41) is 27.5. The van der Waals surface area contributed by atoms with Crippen LogP contribution in [0.25, 0.3) is 0 Å². The maximum Gasteiger partial charge on any atom is 0.306 e. The first kappa shape index (κ1) is 13.2. The first-order valence-electron chi connectivity index (χ1n) is 4.75. The van der Waals surface area contributed by atoms with Gasteiger partial charge in [-0.2, -0.15) is 0 Å². The summed E-state index contributed by atoms with van der Waals surface area (Å²) >= 11 is 0. The third-order valence-electron chi connectivity index (χ3n) is 2.28. The largest absolute Gasteiger partial charge is 0.481 e. The number of hydrogen-bond acceptors (Lipinski definition) is 5. The van der Waals surface area contributed by atoms with E-state index in [1.807, 2.05) is 0 Å². The van der Waals surface area contributed by atoms with E-state index in [1.54, 1.807) is 0 Å². The van der Waals surface area contributed by atoms with E-state index in [2.05, 4.69) is 0 Å². The van der Waals surface area contributed by atoms with Gasteiger partial charge in [-0.25, -0.2) is 4.39 Å². The van der Waals surface area contributed by atoms with Crippen LogP contribution in [0.1, 0.15) is 18.1 Å². The Hall–Kier alpha value is -1.86. The summed E-state index contributed by atoms with van der Waals surface area (Å²) in [6, 6.07) is 1.87. The van der Waals surface area contributed by atoms with Crippen LogP contribution in [-0.2, 0) is 4.79 Å². The second-order valence-electron chi connectivity index (χ2n) is 3.61. The molecule has 2 unspecified atom stereocenters. The predicted molar refractivity (Wildman–Crippen MR) is 58.4 cm³/mol. The third kappa shape index (κ3) is 3.05. The van der Waals surface area contributed by atoms with Gasteiger partial charge in [0, 0.05) is 5.56 Å². The van der Waals surface area contributed by atoms with Crippen molar-refractivity contribution in [2.45, 2.75) is 18.6 Å². The molecule has 0 heterocycles. The molecule has 0 fully saturated rings. The van der Waals surface area contributed by atoms with Gasteiger partial charge in [-0.15, -0.1) is 0 Å². The van der Waals surface area contributed by atoms with Gasteiger partial charge in [0.2, 0.25) is 0 Å².